The number of hydrogen-bond acceptors (Lipinski definition) is 5. The molecule has 0 heterocycles. The van der Waals surface area contributed by atoms with Gasteiger partial charge in [-0.3, -0.25) is 9.45 Å². The second-order valence-corrected chi connectivity index (χ2v) is 8.23. The highest BCUT2D eigenvalue weighted by Crippen LogP contribution is 2.12. The second kappa shape index (κ2) is 14.0. The van der Waals surface area contributed by atoms with Crippen molar-refractivity contribution in [2.24, 2.45) is 0 Å². The summed E-state index contributed by atoms with van der Waals surface area (Å²) in [6, 6.07) is 0. The van der Waals surface area contributed by atoms with Gasteiger partial charge in [-0.05, 0) is 13.3 Å². The minimum Gasteiger partial charge on any atom is -0.389 e. The summed E-state index contributed by atoms with van der Waals surface area (Å²) >= 11 is 0. The van der Waals surface area contributed by atoms with Crippen LogP contribution in [-0.4, -0.2) is 59.3 Å². The number of aliphatic hydroxyl groups excluding tert-OH is 2. The average molecular weight is 368 g/mol. The van der Waals surface area contributed by atoms with Crippen LogP contribution in [0.5, 0.6) is 0 Å². The van der Waals surface area contributed by atoms with E-state index < -0.39 is 28.2 Å². The first-order chi connectivity index (χ1) is 11.3. The van der Waals surface area contributed by atoms with Gasteiger partial charge >= 0.3 is 0 Å². The Morgan fingerprint density at radius 1 is 0.833 bits per heavy atom. The quantitative estimate of drug-likeness (QED) is 0.220. The number of hydrogen-bond donors (Lipinski definition) is 3. The molecule has 6 nitrogen and oxygen atoms in total. The Kier molecular flexibility index (Phi) is 13.9. The molecule has 0 rings (SSSR count). The van der Waals surface area contributed by atoms with E-state index in [2.05, 4.69) is 6.92 Å². The lowest BCUT2D eigenvalue weighted by Gasteiger charge is -2.29. The van der Waals surface area contributed by atoms with Crippen LogP contribution < -0.4 is 0 Å². The van der Waals surface area contributed by atoms with Crippen molar-refractivity contribution in [1.82, 2.24) is 4.90 Å². The minimum absolute atomic E-state index is 0.0162. The maximum Gasteiger partial charge on any atom is 0.266 e. The van der Waals surface area contributed by atoms with Crippen LogP contribution >= 0.6 is 0 Å². The van der Waals surface area contributed by atoms with Gasteiger partial charge in [0.2, 0.25) is 0 Å². The van der Waals surface area contributed by atoms with Crippen LogP contribution in [-0.2, 0) is 10.1 Å². The second-order valence-electron chi connectivity index (χ2n) is 6.66. The van der Waals surface area contributed by atoms with Gasteiger partial charge in [0.05, 0.1) is 11.9 Å². The first-order valence-electron chi connectivity index (χ1n) is 9.33. The molecule has 0 aromatic heterocycles. The lowest BCUT2D eigenvalue weighted by atomic mass is 10.1. The summed E-state index contributed by atoms with van der Waals surface area (Å²) in [5.41, 5.74) is 0. The molecule has 7 heteroatoms. The van der Waals surface area contributed by atoms with Gasteiger partial charge in [0.15, 0.2) is 0 Å². The Morgan fingerprint density at radius 2 is 1.29 bits per heavy atom. The molecule has 2 atom stereocenters. The molecule has 0 fully saturated rings. The van der Waals surface area contributed by atoms with Gasteiger partial charge in [0, 0.05) is 13.1 Å². The van der Waals surface area contributed by atoms with Crippen molar-refractivity contribution < 1.29 is 23.2 Å². The molecule has 0 radical (unpaired) electrons. The Bertz CT molecular complexity index is 386. The van der Waals surface area contributed by atoms with E-state index in [4.69, 9.17) is 4.55 Å². The van der Waals surface area contributed by atoms with Gasteiger partial charge in [-0.15, -0.1) is 0 Å². The maximum absolute atomic E-state index is 10.9. The SMILES string of the molecule is CCCCCCCCCCCCN(CCS(=O)(=O)O)C(O)C(C)O. The van der Waals surface area contributed by atoms with Crippen LogP contribution in [0, 0.1) is 0 Å². The van der Waals surface area contributed by atoms with Crippen molar-refractivity contribution >= 4 is 10.1 Å². The van der Waals surface area contributed by atoms with Crippen molar-refractivity contribution in [3.63, 3.8) is 0 Å². The highest BCUT2D eigenvalue weighted by molar-refractivity contribution is 7.85. The molecule has 24 heavy (non-hydrogen) atoms. The molecule has 0 amide bonds. The van der Waals surface area contributed by atoms with E-state index >= 15 is 0 Å². The number of rotatable bonds is 16. The van der Waals surface area contributed by atoms with Crippen molar-refractivity contribution in [3.05, 3.63) is 0 Å². The normalized spacial score (nSPS) is 14.9. The molecular weight excluding hydrogens is 330 g/mol. The summed E-state index contributed by atoms with van der Waals surface area (Å²) in [7, 11) is -4.07. The van der Waals surface area contributed by atoms with Crippen molar-refractivity contribution in [2.45, 2.75) is 90.4 Å². The third kappa shape index (κ3) is 14.2. The molecule has 0 aliphatic heterocycles. The number of aliphatic hydroxyl groups is 2. The zero-order chi connectivity index (χ0) is 18.4. The average Bonchev–Trinajstić information content (AvgIpc) is 2.50. The first-order valence-corrected chi connectivity index (χ1v) is 10.9. The summed E-state index contributed by atoms with van der Waals surface area (Å²) in [5, 5.41) is 19.4. The third-order valence-electron chi connectivity index (χ3n) is 4.24. The molecule has 0 aromatic carbocycles. The topological polar surface area (TPSA) is 98.1 Å². The maximum atomic E-state index is 10.9. The largest absolute Gasteiger partial charge is 0.389 e. The summed E-state index contributed by atoms with van der Waals surface area (Å²) in [5.74, 6) is -0.436. The van der Waals surface area contributed by atoms with Crippen LogP contribution in [0.4, 0.5) is 0 Å². The predicted molar refractivity (Wildman–Crippen MR) is 97.5 cm³/mol. The Morgan fingerprint density at radius 3 is 1.71 bits per heavy atom. The number of unbranched alkanes of at least 4 members (excludes halogenated alkanes) is 9. The fraction of sp³-hybridized carbons (Fsp3) is 1.00. The van der Waals surface area contributed by atoms with E-state index in [-0.39, 0.29) is 6.54 Å². The molecule has 0 saturated heterocycles. The van der Waals surface area contributed by atoms with Gasteiger partial charge in [-0.25, -0.2) is 0 Å². The van der Waals surface area contributed by atoms with Gasteiger partial charge in [-0.2, -0.15) is 8.42 Å². The van der Waals surface area contributed by atoms with Crippen LogP contribution in [0.3, 0.4) is 0 Å². The first kappa shape index (κ1) is 23.8. The van der Waals surface area contributed by atoms with Gasteiger partial charge < -0.3 is 10.2 Å². The molecule has 0 saturated carbocycles. The predicted octanol–water partition coefficient (Wildman–Crippen LogP) is 2.80. The summed E-state index contributed by atoms with van der Waals surface area (Å²) in [6.45, 7) is 4.21. The van der Waals surface area contributed by atoms with Crippen LogP contribution in [0.25, 0.3) is 0 Å². The lowest BCUT2D eigenvalue weighted by Crippen LogP contribution is -2.45. The molecule has 0 aliphatic carbocycles. The third-order valence-corrected chi connectivity index (χ3v) is 4.94. The number of nitrogens with zero attached hydrogens (tertiary/aromatic N) is 1. The zero-order valence-electron chi connectivity index (χ0n) is 15.4. The molecule has 146 valence electrons. The summed E-state index contributed by atoms with van der Waals surface area (Å²) in [4.78, 5) is 1.52. The molecule has 3 N–H and O–H groups in total. The smallest absolute Gasteiger partial charge is 0.266 e. The summed E-state index contributed by atoms with van der Waals surface area (Å²) in [6.07, 6.45) is 9.91. The van der Waals surface area contributed by atoms with Crippen molar-refractivity contribution in [2.75, 3.05) is 18.8 Å². The fourth-order valence-electron chi connectivity index (χ4n) is 2.72. The van der Waals surface area contributed by atoms with E-state index in [1.54, 1.807) is 0 Å². The molecular formula is C17H37NO5S. The van der Waals surface area contributed by atoms with Crippen LogP contribution in [0.15, 0.2) is 0 Å². The van der Waals surface area contributed by atoms with E-state index in [0.717, 1.165) is 19.3 Å². The van der Waals surface area contributed by atoms with E-state index in [1.807, 2.05) is 0 Å². The van der Waals surface area contributed by atoms with E-state index in [9.17, 15) is 18.6 Å². The van der Waals surface area contributed by atoms with Gasteiger partial charge in [0.1, 0.15) is 6.23 Å². The fourth-order valence-corrected chi connectivity index (χ4v) is 3.18. The monoisotopic (exact) mass is 367 g/mol. The van der Waals surface area contributed by atoms with E-state index in [1.165, 1.54) is 56.8 Å². The molecule has 0 aliphatic rings. The highest BCUT2D eigenvalue weighted by atomic mass is 32.2. The van der Waals surface area contributed by atoms with Crippen molar-refractivity contribution in [3.8, 4) is 0 Å². The van der Waals surface area contributed by atoms with Gasteiger partial charge in [0.25, 0.3) is 10.1 Å². The molecule has 0 bridgehead atoms. The van der Waals surface area contributed by atoms with Crippen molar-refractivity contribution in [1.29, 1.82) is 0 Å². The standard InChI is InChI=1S/C17H37NO5S/c1-3-4-5-6-7-8-9-10-11-12-13-18(17(20)16(2)19)14-15-24(21,22)23/h16-17,19-20H,3-15H2,1-2H3,(H,21,22,23). The van der Waals surface area contributed by atoms with E-state index in [0.29, 0.717) is 6.54 Å². The zero-order valence-corrected chi connectivity index (χ0v) is 16.2. The Hall–Kier alpha value is -0.210. The minimum atomic E-state index is -4.07. The highest BCUT2D eigenvalue weighted by Gasteiger charge is 2.21. The molecule has 0 spiro atoms. The Balaban J connectivity index is 3.86. The summed E-state index contributed by atoms with van der Waals surface area (Å²) < 4.78 is 30.5. The Labute approximate surface area is 148 Å². The molecule has 2 unspecified atom stereocenters. The lowest BCUT2D eigenvalue weighted by molar-refractivity contribution is -0.0737. The van der Waals surface area contributed by atoms with Crippen LogP contribution in [0.1, 0.15) is 78.1 Å². The molecule has 0 aromatic rings. The van der Waals surface area contributed by atoms with Gasteiger partial charge in [-0.1, -0.05) is 64.7 Å². The van der Waals surface area contributed by atoms with Crippen LogP contribution in [0.2, 0.25) is 0 Å².